The lowest BCUT2D eigenvalue weighted by Gasteiger charge is -2.12. The quantitative estimate of drug-likeness (QED) is 0.364. The fourth-order valence-electron chi connectivity index (χ4n) is 3.60. The molecule has 0 saturated heterocycles. The molecule has 0 spiro atoms. The molecule has 0 amide bonds. The maximum absolute atomic E-state index is 14.8. The lowest BCUT2D eigenvalue weighted by molar-refractivity contribution is 0.629. The summed E-state index contributed by atoms with van der Waals surface area (Å²) in [4.78, 5) is 13.9. The van der Waals surface area contributed by atoms with Gasteiger partial charge in [-0.15, -0.1) is 0 Å². The number of nitrogens with zero attached hydrogens (tertiary/aromatic N) is 4. The third-order valence-electron chi connectivity index (χ3n) is 5.20. The van der Waals surface area contributed by atoms with E-state index in [1.54, 1.807) is 12.2 Å². The van der Waals surface area contributed by atoms with Crippen molar-refractivity contribution in [2.75, 3.05) is 0 Å². The minimum atomic E-state index is -0.505. The molecule has 4 aromatic rings. The first-order valence-electron chi connectivity index (χ1n) is 10.3. The molecule has 1 heterocycles. The number of halogens is 1. The standard InChI is InChI=1S/C28H16FN4/c29-25-16-15-19(18-30)17-24(25)28-32-26(21-11-5-2-6-12-21)31-27(33-28)23-14-8-7-13-22(23)20-9-3-1-4-10-20/h1,3-17H/q+1. The van der Waals surface area contributed by atoms with Gasteiger partial charge in [-0.05, 0) is 29.3 Å². The zero-order valence-corrected chi connectivity index (χ0v) is 17.4. The molecule has 5 heteroatoms. The van der Waals surface area contributed by atoms with Crippen LogP contribution in [0, 0.1) is 23.2 Å². The molecule has 0 fully saturated rings. The summed E-state index contributed by atoms with van der Waals surface area (Å²) >= 11 is 0. The maximum atomic E-state index is 14.8. The van der Waals surface area contributed by atoms with Gasteiger partial charge in [0.15, 0.2) is 17.5 Å². The molecule has 1 aromatic heterocycles. The molecule has 0 atom stereocenters. The predicted molar refractivity (Wildman–Crippen MR) is 126 cm³/mol. The van der Waals surface area contributed by atoms with Crippen molar-refractivity contribution in [2.45, 2.75) is 0 Å². The minimum absolute atomic E-state index is 0.152. The third-order valence-corrected chi connectivity index (χ3v) is 5.20. The molecule has 5 rings (SSSR count). The van der Waals surface area contributed by atoms with Gasteiger partial charge < -0.3 is 0 Å². The van der Waals surface area contributed by atoms with Gasteiger partial charge in [0.1, 0.15) is 23.5 Å². The highest BCUT2D eigenvalue weighted by atomic mass is 19.1. The van der Waals surface area contributed by atoms with E-state index in [0.29, 0.717) is 17.2 Å². The fourth-order valence-corrected chi connectivity index (χ4v) is 3.60. The summed E-state index contributed by atoms with van der Waals surface area (Å²) in [5.74, 6) is 0.493. The number of nitriles is 1. The second kappa shape index (κ2) is 8.76. The Morgan fingerprint density at radius 1 is 0.758 bits per heavy atom. The van der Waals surface area contributed by atoms with Gasteiger partial charge in [-0.3, -0.25) is 0 Å². The van der Waals surface area contributed by atoms with Crippen LogP contribution in [0.15, 0.2) is 97.1 Å². The smallest absolute Gasteiger partial charge is 0.190 e. The molecule has 0 saturated carbocycles. The van der Waals surface area contributed by atoms with Crippen molar-refractivity contribution >= 4 is 5.57 Å². The molecule has 3 aromatic carbocycles. The van der Waals surface area contributed by atoms with Crippen LogP contribution in [0.1, 0.15) is 11.4 Å². The van der Waals surface area contributed by atoms with E-state index in [1.807, 2.05) is 72.8 Å². The molecular weight excluding hydrogens is 411 g/mol. The van der Waals surface area contributed by atoms with Crippen molar-refractivity contribution in [1.29, 1.82) is 5.26 Å². The van der Waals surface area contributed by atoms with Gasteiger partial charge in [0.2, 0.25) is 0 Å². The SMILES string of the molecule is N#Cc1ccc(F)c(-c2nc(C3=CC=[C+]C=C3)nc(-c3ccccc3-c3ccccc3)n2)c1. The second-order valence-corrected chi connectivity index (χ2v) is 7.31. The van der Waals surface area contributed by atoms with Gasteiger partial charge in [-0.25, -0.2) is 19.3 Å². The lowest BCUT2D eigenvalue weighted by Crippen LogP contribution is -2.04. The molecule has 4 nitrogen and oxygen atoms in total. The van der Waals surface area contributed by atoms with E-state index in [2.05, 4.69) is 16.0 Å². The normalized spacial score (nSPS) is 12.1. The summed E-state index contributed by atoms with van der Waals surface area (Å²) < 4.78 is 14.8. The number of hydrogen-bond donors (Lipinski definition) is 0. The first-order chi connectivity index (χ1) is 16.2. The van der Waals surface area contributed by atoms with Crippen molar-refractivity contribution in [1.82, 2.24) is 15.0 Å². The second-order valence-electron chi connectivity index (χ2n) is 7.31. The van der Waals surface area contributed by atoms with E-state index in [-0.39, 0.29) is 11.4 Å². The van der Waals surface area contributed by atoms with Crippen molar-refractivity contribution in [3.8, 4) is 40.0 Å². The summed E-state index contributed by atoms with van der Waals surface area (Å²) in [5.41, 5.74) is 4.01. The molecule has 154 valence electrons. The van der Waals surface area contributed by atoms with Crippen LogP contribution in [0.3, 0.4) is 0 Å². The predicted octanol–water partition coefficient (Wildman–Crippen LogP) is 6.20. The Morgan fingerprint density at radius 3 is 2.18 bits per heavy atom. The molecule has 0 unspecified atom stereocenters. The van der Waals surface area contributed by atoms with Crippen molar-refractivity contribution < 1.29 is 4.39 Å². The molecule has 33 heavy (non-hydrogen) atoms. The number of hydrogen-bond acceptors (Lipinski definition) is 4. The Hall–Kier alpha value is -4.78. The highest BCUT2D eigenvalue weighted by Crippen LogP contribution is 2.32. The van der Waals surface area contributed by atoms with E-state index in [4.69, 9.17) is 4.98 Å². The van der Waals surface area contributed by atoms with Crippen LogP contribution in [-0.4, -0.2) is 15.0 Å². The number of rotatable bonds is 4. The molecule has 0 aliphatic heterocycles. The van der Waals surface area contributed by atoms with Gasteiger partial charge in [-0.2, -0.15) is 5.26 Å². The molecule has 0 radical (unpaired) electrons. The lowest BCUT2D eigenvalue weighted by atomic mass is 9.99. The van der Waals surface area contributed by atoms with E-state index in [9.17, 15) is 9.65 Å². The third kappa shape index (κ3) is 4.07. The van der Waals surface area contributed by atoms with E-state index < -0.39 is 5.82 Å². The van der Waals surface area contributed by atoms with Gasteiger partial charge in [-0.1, -0.05) is 54.6 Å². The molecule has 0 bridgehead atoms. The highest BCUT2D eigenvalue weighted by molar-refractivity contribution is 5.82. The monoisotopic (exact) mass is 427 g/mol. The summed E-state index contributed by atoms with van der Waals surface area (Å²) in [6.07, 6.45) is 10.2. The first-order valence-corrected chi connectivity index (χ1v) is 10.3. The zero-order valence-electron chi connectivity index (χ0n) is 17.4. The molecule has 1 aliphatic rings. The minimum Gasteiger partial charge on any atom is -0.208 e. The summed E-state index contributed by atoms with van der Waals surface area (Å²) in [7, 11) is 0. The fraction of sp³-hybridized carbons (Fsp3) is 0. The van der Waals surface area contributed by atoms with Crippen LogP contribution < -0.4 is 0 Å². The Labute approximate surface area is 190 Å². The average Bonchev–Trinajstić information content (AvgIpc) is 2.90. The van der Waals surface area contributed by atoms with E-state index in [0.717, 1.165) is 22.3 Å². The average molecular weight is 427 g/mol. The van der Waals surface area contributed by atoms with E-state index in [1.165, 1.54) is 18.2 Å². The summed E-state index contributed by atoms with van der Waals surface area (Å²) in [5, 5.41) is 9.30. The van der Waals surface area contributed by atoms with Crippen molar-refractivity contribution in [2.24, 2.45) is 0 Å². The summed E-state index contributed by atoms with van der Waals surface area (Å²) in [6, 6.07) is 23.9. The number of allylic oxidation sites excluding steroid dienone is 6. The van der Waals surface area contributed by atoms with Crippen LogP contribution in [0.25, 0.3) is 39.5 Å². The van der Waals surface area contributed by atoms with Gasteiger partial charge >= 0.3 is 0 Å². The van der Waals surface area contributed by atoms with Gasteiger partial charge in [0.25, 0.3) is 0 Å². The van der Waals surface area contributed by atoms with Crippen LogP contribution in [0.4, 0.5) is 4.39 Å². The Bertz CT molecular complexity index is 1480. The Morgan fingerprint density at radius 2 is 1.45 bits per heavy atom. The zero-order chi connectivity index (χ0) is 22.6. The largest absolute Gasteiger partial charge is 0.208 e. The first kappa shape index (κ1) is 20.1. The number of aromatic nitrogens is 3. The number of benzene rings is 3. The molecule has 1 aliphatic carbocycles. The van der Waals surface area contributed by atoms with Crippen LogP contribution in [-0.2, 0) is 0 Å². The summed E-state index contributed by atoms with van der Waals surface area (Å²) in [6.45, 7) is 0. The van der Waals surface area contributed by atoms with Crippen molar-refractivity contribution in [3.63, 3.8) is 0 Å². The van der Waals surface area contributed by atoms with Crippen LogP contribution >= 0.6 is 0 Å². The van der Waals surface area contributed by atoms with Crippen LogP contribution in [0.2, 0.25) is 0 Å². The molecule has 0 N–H and O–H groups in total. The Kier molecular flexibility index (Phi) is 5.35. The van der Waals surface area contributed by atoms with Gasteiger partial charge in [0.05, 0.1) is 29.3 Å². The highest BCUT2D eigenvalue weighted by Gasteiger charge is 2.19. The van der Waals surface area contributed by atoms with Crippen molar-refractivity contribution in [3.05, 3.63) is 120 Å². The maximum Gasteiger partial charge on any atom is 0.190 e. The van der Waals surface area contributed by atoms with E-state index >= 15 is 0 Å². The molecular formula is C28H16FN4+. The topological polar surface area (TPSA) is 62.5 Å². The van der Waals surface area contributed by atoms with Gasteiger partial charge in [0, 0.05) is 11.6 Å². The Balaban J connectivity index is 1.76. The van der Waals surface area contributed by atoms with Crippen LogP contribution in [0.5, 0.6) is 0 Å².